The van der Waals surface area contributed by atoms with Crippen molar-refractivity contribution < 1.29 is 35.5 Å². The summed E-state index contributed by atoms with van der Waals surface area (Å²) in [5, 5.41) is 54.0. The molecule has 0 aromatic rings. The molecule has 0 bridgehead atoms. The highest BCUT2D eigenvalue weighted by Gasteiger charge is 2.31. The number of aliphatic hydroxyl groups is 5. The van der Waals surface area contributed by atoms with Gasteiger partial charge in [0, 0.05) is 7.05 Å². The van der Waals surface area contributed by atoms with E-state index < -0.39 is 37.1 Å². The first-order valence-corrected chi connectivity index (χ1v) is 4.83. The van der Waals surface area contributed by atoms with Gasteiger partial charge in [-0.2, -0.15) is 0 Å². The summed E-state index contributed by atoms with van der Waals surface area (Å²) in [5.41, 5.74) is 1.31. The maximum atomic E-state index is 10.8. The summed E-state index contributed by atoms with van der Waals surface area (Å²) in [7, 11) is 1.23. The molecule has 0 aromatic heterocycles. The van der Waals surface area contributed by atoms with Gasteiger partial charge in [-0.15, -0.1) is 0 Å². The van der Waals surface area contributed by atoms with E-state index in [9.17, 15) is 20.1 Å². The van der Waals surface area contributed by atoms with E-state index in [1.807, 2.05) is 0 Å². The average molecular weight is 254 g/mol. The van der Waals surface area contributed by atoms with Gasteiger partial charge >= 0.3 is 6.03 Å². The van der Waals surface area contributed by atoms with Crippen LogP contribution >= 0.6 is 0 Å². The first-order chi connectivity index (χ1) is 7.84. The van der Waals surface area contributed by atoms with Crippen LogP contribution in [0.3, 0.4) is 0 Å². The van der Waals surface area contributed by atoms with Gasteiger partial charge in [0.25, 0.3) is 0 Å². The highest BCUT2D eigenvalue weighted by atomic mass is 16.5. The lowest BCUT2D eigenvalue weighted by Crippen LogP contribution is -2.50. The minimum absolute atomic E-state index is 0.386. The van der Waals surface area contributed by atoms with E-state index in [0.717, 1.165) is 4.90 Å². The largest absolute Gasteiger partial charge is 0.394 e. The van der Waals surface area contributed by atoms with Gasteiger partial charge in [0.15, 0.2) is 0 Å². The summed E-state index contributed by atoms with van der Waals surface area (Å²) in [5.74, 6) is 0. The monoisotopic (exact) mass is 254 g/mol. The third-order valence-electron chi connectivity index (χ3n) is 2.23. The van der Waals surface area contributed by atoms with Crippen LogP contribution in [0.25, 0.3) is 0 Å². The lowest BCUT2D eigenvalue weighted by molar-refractivity contribution is -0.117. The van der Waals surface area contributed by atoms with E-state index in [1.54, 1.807) is 0 Å². The Labute approximate surface area is 97.5 Å². The van der Waals surface area contributed by atoms with Crippen molar-refractivity contribution in [3.63, 3.8) is 0 Å². The van der Waals surface area contributed by atoms with Crippen molar-refractivity contribution >= 4 is 6.03 Å². The molecule has 0 fully saturated rings. The van der Waals surface area contributed by atoms with Crippen molar-refractivity contribution in [3.8, 4) is 0 Å². The minimum Gasteiger partial charge on any atom is -0.394 e. The Balaban J connectivity index is 4.30. The summed E-state index contributed by atoms with van der Waals surface area (Å²) in [6.07, 6.45) is -6.64. The molecule has 0 radical (unpaired) electrons. The lowest BCUT2D eigenvalue weighted by atomic mass is 10.0. The Hall–Kier alpha value is -0.970. The highest BCUT2D eigenvalue weighted by molar-refractivity contribution is 5.72. The summed E-state index contributed by atoms with van der Waals surface area (Å²) in [6.45, 7) is -1.17. The van der Waals surface area contributed by atoms with Gasteiger partial charge in [-0.1, -0.05) is 0 Å². The summed E-state index contributed by atoms with van der Waals surface area (Å²) in [4.78, 5) is 11.7. The smallest absolute Gasteiger partial charge is 0.340 e. The van der Waals surface area contributed by atoms with Gasteiger partial charge < -0.3 is 30.4 Å². The molecule has 0 aliphatic carbocycles. The first kappa shape index (κ1) is 16.0. The summed E-state index contributed by atoms with van der Waals surface area (Å²) >= 11 is 0. The number of hydrogen-bond acceptors (Lipinski definition) is 7. The average Bonchev–Trinajstić information content (AvgIpc) is 2.34. The van der Waals surface area contributed by atoms with Crippen molar-refractivity contribution in [1.29, 1.82) is 0 Å². The zero-order chi connectivity index (χ0) is 13.6. The molecule has 9 heteroatoms. The molecule has 0 saturated heterocycles. The van der Waals surface area contributed by atoms with Gasteiger partial charge in [0.1, 0.15) is 24.4 Å². The number of aliphatic hydroxyl groups excluding tert-OH is 5. The second-order valence-electron chi connectivity index (χ2n) is 3.60. The van der Waals surface area contributed by atoms with Crippen molar-refractivity contribution in [2.75, 3.05) is 20.2 Å². The molecule has 0 aliphatic heterocycles. The van der Waals surface area contributed by atoms with Gasteiger partial charge in [0.2, 0.25) is 0 Å². The number of hydroxylamine groups is 1. The number of amides is 2. The molecule has 0 spiro atoms. The van der Waals surface area contributed by atoms with Crippen molar-refractivity contribution in [2.45, 2.75) is 24.4 Å². The Bertz CT molecular complexity index is 240. The molecule has 2 amide bonds. The molecule has 102 valence electrons. The van der Waals surface area contributed by atoms with Crippen LogP contribution in [0.1, 0.15) is 0 Å². The predicted molar refractivity (Wildman–Crippen MR) is 54.1 cm³/mol. The van der Waals surface area contributed by atoms with Gasteiger partial charge in [-0.3, -0.25) is 5.21 Å². The Morgan fingerprint density at radius 3 is 2.06 bits per heavy atom. The topological polar surface area (TPSA) is 154 Å². The first-order valence-electron chi connectivity index (χ1n) is 4.83. The van der Waals surface area contributed by atoms with E-state index >= 15 is 0 Å². The van der Waals surface area contributed by atoms with Crippen LogP contribution in [0.4, 0.5) is 4.79 Å². The number of nitrogens with zero attached hydrogens (tertiary/aromatic N) is 1. The van der Waals surface area contributed by atoms with Crippen LogP contribution in [-0.2, 0) is 0 Å². The quantitative estimate of drug-likeness (QED) is 0.191. The molecule has 0 saturated carbocycles. The molecular weight excluding hydrogens is 236 g/mol. The van der Waals surface area contributed by atoms with Crippen molar-refractivity contribution in [2.24, 2.45) is 0 Å². The molecule has 7 N–H and O–H groups in total. The zero-order valence-corrected chi connectivity index (χ0v) is 9.26. The second-order valence-corrected chi connectivity index (χ2v) is 3.60. The van der Waals surface area contributed by atoms with E-state index in [0.29, 0.717) is 0 Å². The van der Waals surface area contributed by atoms with E-state index in [4.69, 9.17) is 15.4 Å². The molecule has 17 heavy (non-hydrogen) atoms. The zero-order valence-electron chi connectivity index (χ0n) is 9.26. The Morgan fingerprint density at radius 1 is 1.18 bits per heavy atom. The summed E-state index contributed by atoms with van der Waals surface area (Å²) in [6, 6.07) is -0.909. The number of nitrogens with one attached hydrogen (secondary N) is 1. The van der Waals surface area contributed by atoms with Gasteiger partial charge in [-0.25, -0.2) is 10.3 Å². The number of carbonyl (C=O) groups is 1. The fourth-order valence-electron chi connectivity index (χ4n) is 1.12. The van der Waals surface area contributed by atoms with Crippen LogP contribution in [0, 0.1) is 0 Å². The number of urea groups is 1. The molecule has 0 rings (SSSR count). The van der Waals surface area contributed by atoms with E-state index in [-0.39, 0.29) is 6.54 Å². The van der Waals surface area contributed by atoms with E-state index in [1.165, 1.54) is 12.5 Å². The Morgan fingerprint density at radius 2 is 1.65 bits per heavy atom. The third kappa shape index (κ3) is 4.81. The van der Waals surface area contributed by atoms with Crippen LogP contribution in [0.5, 0.6) is 0 Å². The number of carbonyl (C=O) groups excluding carboxylic acids is 1. The molecule has 9 nitrogen and oxygen atoms in total. The van der Waals surface area contributed by atoms with Crippen LogP contribution in [-0.4, -0.2) is 86.3 Å². The molecule has 4 atom stereocenters. The van der Waals surface area contributed by atoms with Crippen molar-refractivity contribution in [1.82, 2.24) is 10.4 Å². The molecule has 0 aliphatic rings. The highest BCUT2D eigenvalue weighted by Crippen LogP contribution is 2.06. The third-order valence-corrected chi connectivity index (χ3v) is 2.23. The molecular formula is C8H18N2O7. The van der Waals surface area contributed by atoms with Crippen LogP contribution in [0.2, 0.25) is 0 Å². The number of rotatable bonds is 6. The predicted octanol–water partition coefficient (Wildman–Crippen LogP) is -3.55. The number of likely N-dealkylation sites (N-methyl/N-ethyl adjacent to an activating group) is 1. The van der Waals surface area contributed by atoms with Crippen LogP contribution < -0.4 is 5.48 Å². The standard InChI is InChI=1S/C8H18N2O7/c1-10(8(16)9-17)2-4(12)6(14)7(15)5(13)3-11/h4-7,11-15,17H,2-3H2,1H3,(H,9,16). The minimum atomic E-state index is -1.75. The SMILES string of the molecule is CN(CC(O)C(O)C(O)C(O)CO)C(=O)NO. The lowest BCUT2D eigenvalue weighted by Gasteiger charge is -2.28. The van der Waals surface area contributed by atoms with Gasteiger partial charge in [-0.05, 0) is 0 Å². The Kier molecular flexibility index (Phi) is 6.95. The number of hydrogen-bond donors (Lipinski definition) is 7. The second kappa shape index (κ2) is 7.37. The van der Waals surface area contributed by atoms with E-state index in [2.05, 4.69) is 0 Å². The maximum Gasteiger partial charge on any atom is 0.340 e. The molecule has 4 unspecified atom stereocenters. The molecule has 0 aromatic carbocycles. The maximum absolute atomic E-state index is 10.8. The van der Waals surface area contributed by atoms with Crippen LogP contribution in [0.15, 0.2) is 0 Å². The normalized spacial score (nSPS) is 18.1. The summed E-state index contributed by atoms with van der Waals surface area (Å²) < 4.78 is 0. The fraction of sp³-hybridized carbons (Fsp3) is 0.875. The fourth-order valence-corrected chi connectivity index (χ4v) is 1.12. The van der Waals surface area contributed by atoms with Gasteiger partial charge in [0.05, 0.1) is 13.2 Å². The van der Waals surface area contributed by atoms with Crippen molar-refractivity contribution in [3.05, 3.63) is 0 Å². The molecule has 0 heterocycles.